The van der Waals surface area contributed by atoms with E-state index in [0.29, 0.717) is 5.69 Å². The van der Waals surface area contributed by atoms with Crippen molar-refractivity contribution in [3.05, 3.63) is 18.2 Å². The Bertz CT molecular complexity index is 376. The predicted octanol–water partition coefficient (Wildman–Crippen LogP) is 2.48. The molecule has 104 valence electrons. The number of nitrogens with two attached hydrogens (primary N) is 1. The molecule has 1 atom stereocenters. The summed E-state index contributed by atoms with van der Waals surface area (Å²) < 4.78 is 51.5. The molecule has 18 heavy (non-hydrogen) atoms. The summed E-state index contributed by atoms with van der Waals surface area (Å²) in [6.45, 7) is 2.95. The molecule has 1 aromatic heterocycles. The van der Waals surface area contributed by atoms with E-state index in [2.05, 4.69) is 4.98 Å². The zero-order valence-electron chi connectivity index (χ0n) is 10.3. The van der Waals surface area contributed by atoms with E-state index >= 15 is 0 Å². The van der Waals surface area contributed by atoms with Gasteiger partial charge in [0.1, 0.15) is 0 Å². The number of hydrogen-bond acceptors (Lipinski definition) is 2. The molecule has 0 fully saturated rings. The molecule has 0 saturated carbocycles. The Morgan fingerprint density at radius 2 is 2.00 bits per heavy atom. The molecular formula is C11H17F4N3. The molecule has 0 aromatic carbocycles. The van der Waals surface area contributed by atoms with Crippen molar-refractivity contribution in [3.8, 4) is 0 Å². The minimum Gasteiger partial charge on any atom is -0.330 e. The first kappa shape index (κ1) is 14.9. The molecule has 1 heterocycles. The second-order valence-electron chi connectivity index (χ2n) is 4.59. The van der Waals surface area contributed by atoms with E-state index in [-0.39, 0.29) is 18.4 Å². The van der Waals surface area contributed by atoms with Gasteiger partial charge in [0.15, 0.2) is 0 Å². The third-order valence-electron chi connectivity index (χ3n) is 2.88. The van der Waals surface area contributed by atoms with Gasteiger partial charge in [0, 0.05) is 24.4 Å². The van der Waals surface area contributed by atoms with Gasteiger partial charge in [-0.3, -0.25) is 0 Å². The van der Waals surface area contributed by atoms with Crippen LogP contribution in [0.4, 0.5) is 17.6 Å². The van der Waals surface area contributed by atoms with Crippen molar-refractivity contribution in [2.45, 2.75) is 38.7 Å². The van der Waals surface area contributed by atoms with E-state index in [0.717, 1.165) is 10.9 Å². The number of imidazole rings is 1. The van der Waals surface area contributed by atoms with Crippen molar-refractivity contribution in [1.82, 2.24) is 9.55 Å². The summed E-state index contributed by atoms with van der Waals surface area (Å²) in [7, 11) is 0. The van der Waals surface area contributed by atoms with Crippen LogP contribution in [0.15, 0.2) is 12.5 Å². The fraction of sp³-hybridized carbons (Fsp3) is 0.727. The topological polar surface area (TPSA) is 43.8 Å². The Hall–Kier alpha value is -1.11. The van der Waals surface area contributed by atoms with Crippen LogP contribution in [0.25, 0.3) is 0 Å². The van der Waals surface area contributed by atoms with Gasteiger partial charge in [-0.25, -0.2) is 13.8 Å². The molecule has 1 rings (SSSR count). The quantitative estimate of drug-likeness (QED) is 0.805. The van der Waals surface area contributed by atoms with E-state index < -0.39 is 18.9 Å². The van der Waals surface area contributed by atoms with Crippen LogP contribution in [-0.4, -0.2) is 28.4 Å². The number of nitrogens with zero attached hydrogens (tertiary/aromatic N) is 2. The van der Waals surface area contributed by atoms with E-state index in [1.54, 1.807) is 0 Å². The first-order chi connectivity index (χ1) is 8.29. The van der Waals surface area contributed by atoms with Crippen LogP contribution in [0, 0.1) is 5.92 Å². The minimum atomic E-state index is -4.06. The van der Waals surface area contributed by atoms with Gasteiger partial charge >= 0.3 is 12.3 Å². The number of hydrogen-bond donors (Lipinski definition) is 1. The number of aromatic nitrogens is 2. The van der Waals surface area contributed by atoms with Crippen molar-refractivity contribution >= 4 is 0 Å². The second kappa shape index (κ2) is 5.69. The summed E-state index contributed by atoms with van der Waals surface area (Å²) in [4.78, 5) is 3.75. The summed E-state index contributed by atoms with van der Waals surface area (Å²) in [5.74, 6) is -4.13. The van der Waals surface area contributed by atoms with Gasteiger partial charge in [0.25, 0.3) is 0 Å². The molecule has 7 heteroatoms. The lowest BCUT2D eigenvalue weighted by molar-refractivity contribution is -0.138. The van der Waals surface area contributed by atoms with E-state index in [1.807, 2.05) is 13.8 Å². The highest BCUT2D eigenvalue weighted by Gasteiger charge is 2.41. The summed E-state index contributed by atoms with van der Waals surface area (Å²) in [6, 6.07) is 0. The highest BCUT2D eigenvalue weighted by atomic mass is 19.3. The average molecular weight is 267 g/mol. The molecule has 0 aliphatic carbocycles. The maximum atomic E-state index is 13.0. The van der Waals surface area contributed by atoms with Gasteiger partial charge in [-0.2, -0.15) is 8.78 Å². The molecule has 0 radical (unpaired) electrons. The van der Waals surface area contributed by atoms with E-state index in [4.69, 9.17) is 5.73 Å². The van der Waals surface area contributed by atoms with Gasteiger partial charge in [0.05, 0.1) is 12.9 Å². The third kappa shape index (κ3) is 3.22. The van der Waals surface area contributed by atoms with Gasteiger partial charge in [-0.1, -0.05) is 13.8 Å². The molecule has 0 aliphatic rings. The molecule has 1 unspecified atom stereocenters. The third-order valence-corrected chi connectivity index (χ3v) is 2.88. The van der Waals surface area contributed by atoms with Crippen LogP contribution < -0.4 is 5.73 Å². The van der Waals surface area contributed by atoms with Crippen molar-refractivity contribution in [2.24, 2.45) is 11.7 Å². The van der Waals surface area contributed by atoms with Crippen LogP contribution >= 0.6 is 0 Å². The van der Waals surface area contributed by atoms with Crippen LogP contribution in [0.2, 0.25) is 0 Å². The van der Waals surface area contributed by atoms with Crippen molar-refractivity contribution < 1.29 is 17.6 Å². The zero-order valence-corrected chi connectivity index (χ0v) is 10.3. The van der Waals surface area contributed by atoms with Gasteiger partial charge in [-0.15, -0.1) is 0 Å². The maximum Gasteiger partial charge on any atom is 0.324 e. The largest absolute Gasteiger partial charge is 0.330 e. The molecule has 1 aromatic rings. The van der Waals surface area contributed by atoms with Crippen LogP contribution in [0.3, 0.4) is 0 Å². The highest BCUT2D eigenvalue weighted by Crippen LogP contribution is 2.28. The lowest BCUT2D eigenvalue weighted by Gasteiger charge is -2.23. The summed E-state index contributed by atoms with van der Waals surface area (Å²) in [5, 5.41) is 0. The fourth-order valence-corrected chi connectivity index (χ4v) is 1.80. The SMILES string of the molecule is CC(C)C(CN)c1cncn1CC(F)(F)C(F)F. The Kier molecular flexibility index (Phi) is 4.72. The molecule has 0 amide bonds. The molecule has 0 saturated heterocycles. The Labute approximate surface area is 103 Å². The molecular weight excluding hydrogens is 250 g/mol. The molecule has 2 N–H and O–H groups in total. The fourth-order valence-electron chi connectivity index (χ4n) is 1.80. The van der Waals surface area contributed by atoms with E-state index in [1.165, 1.54) is 6.20 Å². The monoisotopic (exact) mass is 267 g/mol. The zero-order chi connectivity index (χ0) is 13.9. The lowest BCUT2D eigenvalue weighted by atomic mass is 9.93. The first-order valence-electron chi connectivity index (χ1n) is 5.65. The molecule has 3 nitrogen and oxygen atoms in total. The molecule has 0 spiro atoms. The van der Waals surface area contributed by atoms with Crippen LogP contribution in [-0.2, 0) is 6.54 Å². The Morgan fingerprint density at radius 3 is 2.44 bits per heavy atom. The first-order valence-corrected chi connectivity index (χ1v) is 5.65. The van der Waals surface area contributed by atoms with Crippen molar-refractivity contribution in [2.75, 3.05) is 6.54 Å². The maximum absolute atomic E-state index is 13.0. The highest BCUT2D eigenvalue weighted by molar-refractivity contribution is 5.08. The smallest absolute Gasteiger partial charge is 0.324 e. The van der Waals surface area contributed by atoms with Crippen LogP contribution in [0.5, 0.6) is 0 Å². The minimum absolute atomic E-state index is 0.116. The van der Waals surface area contributed by atoms with Crippen LogP contribution in [0.1, 0.15) is 25.5 Å². The van der Waals surface area contributed by atoms with Crippen molar-refractivity contribution in [1.29, 1.82) is 0 Å². The summed E-state index contributed by atoms with van der Waals surface area (Å²) in [5.41, 5.74) is 6.05. The van der Waals surface area contributed by atoms with Gasteiger partial charge < -0.3 is 10.3 Å². The molecule has 0 aliphatic heterocycles. The second-order valence-corrected chi connectivity index (χ2v) is 4.59. The number of alkyl halides is 4. The van der Waals surface area contributed by atoms with Crippen molar-refractivity contribution in [3.63, 3.8) is 0 Å². The number of rotatable bonds is 6. The van der Waals surface area contributed by atoms with E-state index in [9.17, 15) is 17.6 Å². The van der Waals surface area contributed by atoms with Gasteiger partial charge in [-0.05, 0) is 5.92 Å². The normalized spacial score (nSPS) is 14.5. The van der Waals surface area contributed by atoms with Gasteiger partial charge in [0.2, 0.25) is 0 Å². The standard InChI is InChI=1S/C11H17F4N3/c1-7(2)8(3-16)9-4-17-6-18(9)5-11(14,15)10(12)13/h4,6-8,10H,3,5,16H2,1-2H3. The number of halogens is 4. The predicted molar refractivity (Wildman–Crippen MR) is 59.8 cm³/mol. The Morgan fingerprint density at radius 1 is 1.39 bits per heavy atom. The lowest BCUT2D eigenvalue weighted by Crippen LogP contribution is -2.33. The average Bonchev–Trinajstić information content (AvgIpc) is 2.66. The molecule has 0 bridgehead atoms. The Balaban J connectivity index is 2.96. The summed E-state index contributed by atoms with van der Waals surface area (Å²) in [6.07, 6.45) is -1.15. The summed E-state index contributed by atoms with van der Waals surface area (Å²) >= 11 is 0.